The molecule has 5 nitrogen and oxygen atoms in total. The highest BCUT2D eigenvalue weighted by Gasteiger charge is 2.51. The number of aryl methyl sites for hydroxylation is 1. The third-order valence-corrected chi connectivity index (χ3v) is 9.01. The van der Waals surface area contributed by atoms with E-state index in [0.29, 0.717) is 24.0 Å². The average molecular weight is 511 g/mol. The Morgan fingerprint density at radius 1 is 1.00 bits per heavy atom. The topological polar surface area (TPSA) is 64.4 Å². The van der Waals surface area contributed by atoms with E-state index in [-0.39, 0.29) is 24.0 Å². The number of fused-ring (bicyclic) bond motifs is 2. The molecule has 1 saturated carbocycles. The van der Waals surface area contributed by atoms with E-state index in [1.165, 1.54) is 62.3 Å². The summed E-state index contributed by atoms with van der Waals surface area (Å²) in [5, 5.41) is 3.05. The van der Waals surface area contributed by atoms with E-state index in [1.54, 1.807) is 0 Å². The summed E-state index contributed by atoms with van der Waals surface area (Å²) in [7, 11) is 0. The summed E-state index contributed by atoms with van der Waals surface area (Å²) in [5.74, 6) is 2.78. The van der Waals surface area contributed by atoms with E-state index >= 15 is 0 Å². The minimum absolute atomic E-state index is 0.110. The maximum Gasteiger partial charge on any atom is 0.273 e. The molecule has 2 saturated heterocycles. The van der Waals surface area contributed by atoms with Crippen LogP contribution in [0.2, 0.25) is 0 Å². The Morgan fingerprint density at radius 2 is 1.81 bits per heavy atom. The number of aromatic nitrogens is 1. The van der Waals surface area contributed by atoms with E-state index < -0.39 is 0 Å². The lowest BCUT2D eigenvalue weighted by atomic mass is 9.75. The first-order chi connectivity index (χ1) is 17.7. The average Bonchev–Trinajstić information content (AvgIpc) is 3.65. The second-order valence-electron chi connectivity index (χ2n) is 11.1. The molecule has 5 rings (SSSR count). The lowest BCUT2D eigenvalue weighted by Crippen LogP contribution is -2.28. The normalized spacial score (nSPS) is 25.9. The molecule has 0 radical (unpaired) electrons. The molecular weight excluding hydrogens is 468 g/mol. The van der Waals surface area contributed by atoms with Crippen molar-refractivity contribution in [1.82, 2.24) is 10.3 Å². The highest BCUT2D eigenvalue weighted by molar-refractivity contribution is 7.80. The number of amides is 1. The van der Waals surface area contributed by atoms with Crippen LogP contribution in [-0.2, 0) is 17.6 Å². The zero-order chi connectivity index (χ0) is 24.7. The van der Waals surface area contributed by atoms with Crippen molar-refractivity contribution >= 4 is 18.5 Å². The summed E-state index contributed by atoms with van der Waals surface area (Å²) < 4.78 is 12.3. The molecule has 196 valence electrons. The number of ether oxygens (including phenoxy) is 1. The lowest BCUT2D eigenvalue weighted by molar-refractivity contribution is 0.0897. The van der Waals surface area contributed by atoms with Crippen LogP contribution in [0.4, 0.5) is 0 Å². The molecule has 1 aromatic heterocycles. The van der Waals surface area contributed by atoms with Gasteiger partial charge in [-0.25, -0.2) is 4.98 Å². The molecule has 1 aliphatic carbocycles. The van der Waals surface area contributed by atoms with E-state index in [9.17, 15) is 4.79 Å². The van der Waals surface area contributed by atoms with Gasteiger partial charge in [-0.2, -0.15) is 12.6 Å². The van der Waals surface area contributed by atoms with Gasteiger partial charge in [0.2, 0.25) is 5.89 Å². The number of rotatable bonds is 12. The van der Waals surface area contributed by atoms with Gasteiger partial charge in [-0.15, -0.1) is 0 Å². The van der Waals surface area contributed by atoms with Gasteiger partial charge in [0.15, 0.2) is 5.69 Å². The fourth-order valence-corrected chi connectivity index (χ4v) is 6.93. The van der Waals surface area contributed by atoms with Crippen LogP contribution in [0.5, 0.6) is 0 Å². The van der Waals surface area contributed by atoms with Gasteiger partial charge < -0.3 is 14.5 Å². The fraction of sp³-hybridized carbons (Fsp3) is 0.667. The van der Waals surface area contributed by atoms with Crippen molar-refractivity contribution < 1.29 is 13.9 Å². The van der Waals surface area contributed by atoms with Crippen LogP contribution in [0.15, 0.2) is 34.9 Å². The quantitative estimate of drug-likeness (QED) is 0.252. The first-order valence-corrected chi connectivity index (χ1v) is 14.9. The molecule has 3 fully saturated rings. The standard InChI is InChI=1S/C30H42N2O3S/c33-29(31-17-7-6-11-21-9-2-1-3-10-21)25-20-34-30(32-25)28-24(26-15-16-27(28)35-26)19-23-13-5-4-12-22(23)14-8-18-36/h4-5,12-13,20-21,24,26-28,36H,1-3,6-11,14-19H2,(H,31,33)/t24-,26-,27+,28-/m0/s1. The minimum atomic E-state index is -0.125. The predicted molar refractivity (Wildman–Crippen MR) is 146 cm³/mol. The third kappa shape index (κ3) is 6.19. The van der Waals surface area contributed by atoms with Crippen LogP contribution in [0.3, 0.4) is 0 Å². The van der Waals surface area contributed by atoms with Crippen molar-refractivity contribution in [2.24, 2.45) is 11.8 Å². The molecule has 3 aliphatic rings. The van der Waals surface area contributed by atoms with Crippen LogP contribution < -0.4 is 5.32 Å². The number of unbranched alkanes of at least 4 members (excludes halogenated alkanes) is 1. The number of benzene rings is 1. The number of nitrogens with one attached hydrogen (secondary N) is 1. The van der Waals surface area contributed by atoms with Crippen molar-refractivity contribution in [3.05, 3.63) is 53.2 Å². The molecule has 3 heterocycles. The summed E-state index contributed by atoms with van der Waals surface area (Å²) in [6, 6.07) is 8.75. The van der Waals surface area contributed by atoms with Crippen molar-refractivity contribution in [3.63, 3.8) is 0 Å². The largest absolute Gasteiger partial charge is 0.448 e. The molecule has 6 heteroatoms. The SMILES string of the molecule is O=C(NCCCCC1CCCCC1)c1coc([C@H]2[C@@H](Cc3ccccc3CCCS)[C@@H]3CC[C@H]2O3)n1. The van der Waals surface area contributed by atoms with Crippen LogP contribution in [0.25, 0.3) is 0 Å². The minimum Gasteiger partial charge on any atom is -0.448 e. The molecule has 1 aromatic carbocycles. The van der Waals surface area contributed by atoms with Gasteiger partial charge in [0, 0.05) is 12.5 Å². The van der Waals surface area contributed by atoms with Gasteiger partial charge in [0.1, 0.15) is 6.26 Å². The van der Waals surface area contributed by atoms with E-state index in [2.05, 4.69) is 47.2 Å². The monoisotopic (exact) mass is 510 g/mol. The first kappa shape index (κ1) is 25.8. The van der Waals surface area contributed by atoms with Crippen molar-refractivity contribution in [3.8, 4) is 0 Å². The van der Waals surface area contributed by atoms with Crippen molar-refractivity contribution in [1.29, 1.82) is 0 Å². The molecule has 1 N–H and O–H groups in total. The zero-order valence-electron chi connectivity index (χ0n) is 21.5. The highest BCUT2D eigenvalue weighted by Crippen LogP contribution is 2.50. The lowest BCUT2D eigenvalue weighted by Gasteiger charge is -2.26. The summed E-state index contributed by atoms with van der Waals surface area (Å²) in [4.78, 5) is 17.4. The number of oxazole rings is 1. The van der Waals surface area contributed by atoms with Crippen LogP contribution >= 0.6 is 12.6 Å². The summed E-state index contributed by atoms with van der Waals surface area (Å²) >= 11 is 4.40. The van der Waals surface area contributed by atoms with Gasteiger partial charge in [-0.05, 0) is 61.3 Å². The van der Waals surface area contributed by atoms with Crippen LogP contribution in [0.1, 0.15) is 104 Å². The summed E-state index contributed by atoms with van der Waals surface area (Å²) in [6.07, 6.45) is 17.6. The second-order valence-corrected chi connectivity index (χ2v) is 11.6. The number of thiol groups is 1. The number of carbonyl (C=O) groups excluding carboxylic acids is 1. The summed E-state index contributed by atoms with van der Waals surface area (Å²) in [6.45, 7) is 0.705. The third-order valence-electron chi connectivity index (χ3n) is 8.69. The Hall–Kier alpha value is -1.79. The van der Waals surface area contributed by atoms with Crippen LogP contribution in [0, 0.1) is 11.8 Å². The van der Waals surface area contributed by atoms with Gasteiger partial charge in [0.05, 0.1) is 18.1 Å². The highest BCUT2D eigenvalue weighted by atomic mass is 32.1. The maximum atomic E-state index is 12.7. The van der Waals surface area contributed by atoms with Gasteiger partial charge in [-0.3, -0.25) is 4.79 Å². The Labute approximate surface area is 221 Å². The molecule has 0 spiro atoms. The molecule has 2 aliphatic heterocycles. The molecule has 0 unspecified atom stereocenters. The summed E-state index contributed by atoms with van der Waals surface area (Å²) in [5.41, 5.74) is 3.19. The Bertz CT molecular complexity index is 986. The zero-order valence-corrected chi connectivity index (χ0v) is 22.4. The van der Waals surface area contributed by atoms with Gasteiger partial charge in [0.25, 0.3) is 5.91 Å². The fourth-order valence-electron chi connectivity index (χ4n) is 6.77. The molecule has 36 heavy (non-hydrogen) atoms. The molecule has 1 amide bonds. The van der Waals surface area contributed by atoms with E-state index in [1.807, 2.05) is 0 Å². The predicted octanol–water partition coefficient (Wildman–Crippen LogP) is 6.52. The number of hydrogen-bond acceptors (Lipinski definition) is 5. The molecule has 2 aromatic rings. The number of carbonyl (C=O) groups is 1. The van der Waals surface area contributed by atoms with E-state index in [4.69, 9.17) is 9.15 Å². The van der Waals surface area contributed by atoms with Crippen molar-refractivity contribution in [2.45, 2.75) is 102 Å². The smallest absolute Gasteiger partial charge is 0.273 e. The number of hydrogen-bond donors (Lipinski definition) is 2. The second kappa shape index (κ2) is 12.6. The van der Waals surface area contributed by atoms with Gasteiger partial charge in [-0.1, -0.05) is 69.2 Å². The molecule has 2 bridgehead atoms. The van der Waals surface area contributed by atoms with Crippen molar-refractivity contribution in [2.75, 3.05) is 12.3 Å². The number of nitrogens with zero attached hydrogens (tertiary/aromatic N) is 1. The Balaban J connectivity index is 1.16. The van der Waals surface area contributed by atoms with Crippen LogP contribution in [-0.4, -0.2) is 35.4 Å². The molecular formula is C30H42N2O3S. The Kier molecular flexibility index (Phi) is 9.07. The van der Waals surface area contributed by atoms with Gasteiger partial charge >= 0.3 is 0 Å². The van der Waals surface area contributed by atoms with E-state index in [0.717, 1.165) is 50.2 Å². The Morgan fingerprint density at radius 3 is 2.64 bits per heavy atom. The maximum absolute atomic E-state index is 12.7. The molecule has 4 atom stereocenters. The first-order valence-electron chi connectivity index (χ1n) is 14.3.